The lowest BCUT2D eigenvalue weighted by Gasteiger charge is -2.03. The van der Waals surface area contributed by atoms with E-state index in [0.29, 0.717) is 13.1 Å². The summed E-state index contributed by atoms with van der Waals surface area (Å²) in [4.78, 5) is 1.91. The van der Waals surface area contributed by atoms with Crippen molar-refractivity contribution < 1.29 is 9.50 Å². The van der Waals surface area contributed by atoms with Crippen LogP contribution >= 0.6 is 0 Å². The highest BCUT2D eigenvalue weighted by atomic mass is 19.1. The first-order chi connectivity index (χ1) is 4.74. The molecular weight excluding hydrogens is 133 g/mol. The molecule has 0 aromatic heterocycles. The molecule has 0 unspecified atom stereocenters. The molecule has 1 heterocycles. The number of rotatable bonds is 1. The summed E-state index contributed by atoms with van der Waals surface area (Å²) in [7, 11) is 1.87. The van der Waals surface area contributed by atoms with Crippen LogP contribution in [0.25, 0.3) is 0 Å². The third-order valence-electron chi connectivity index (χ3n) is 1.81. The van der Waals surface area contributed by atoms with Crippen molar-refractivity contribution in [1.29, 1.82) is 0 Å². The number of aliphatic hydroxyl groups is 1. The van der Waals surface area contributed by atoms with Gasteiger partial charge in [-0.1, -0.05) is 0 Å². The molecule has 2 nitrogen and oxygen atoms in total. The summed E-state index contributed by atoms with van der Waals surface area (Å²) in [5, 5.41) is 8.36. The molecule has 10 heavy (non-hydrogen) atoms. The fraction of sp³-hybridized carbons (Fsp3) is 0.714. The number of aliphatic hydroxyl groups excluding tert-OH is 1. The van der Waals surface area contributed by atoms with Crippen molar-refractivity contribution in [3.8, 4) is 0 Å². The zero-order valence-electron chi connectivity index (χ0n) is 6.00. The van der Waals surface area contributed by atoms with Crippen LogP contribution in [0.4, 0.5) is 4.39 Å². The van der Waals surface area contributed by atoms with Crippen molar-refractivity contribution in [3.63, 3.8) is 0 Å². The van der Waals surface area contributed by atoms with Gasteiger partial charge in [0.2, 0.25) is 0 Å². The summed E-state index contributed by atoms with van der Waals surface area (Å²) in [6, 6.07) is 0. The molecule has 0 spiro atoms. The first kappa shape index (κ1) is 7.54. The predicted octanol–water partition coefficient (Wildman–Crippen LogP) is 0.958. The molecule has 58 valence electrons. The molecule has 1 fully saturated rings. The second kappa shape index (κ2) is 3.01. The second-order valence-electron chi connectivity index (χ2n) is 2.74. The fourth-order valence-corrected chi connectivity index (χ4v) is 1.27. The zero-order chi connectivity index (χ0) is 7.56. The van der Waals surface area contributed by atoms with E-state index in [9.17, 15) is 4.39 Å². The van der Waals surface area contributed by atoms with Crippen LogP contribution in [0.3, 0.4) is 0 Å². The van der Waals surface area contributed by atoms with E-state index in [1.807, 2.05) is 11.9 Å². The molecule has 0 amide bonds. The van der Waals surface area contributed by atoms with Gasteiger partial charge in [-0.3, -0.25) is 0 Å². The van der Waals surface area contributed by atoms with E-state index in [1.54, 1.807) is 0 Å². The van der Waals surface area contributed by atoms with Crippen molar-refractivity contribution in [2.45, 2.75) is 6.17 Å². The third-order valence-corrected chi connectivity index (χ3v) is 1.81. The molecule has 0 aliphatic carbocycles. The minimum absolute atomic E-state index is 0.116. The Morgan fingerprint density at radius 3 is 2.70 bits per heavy atom. The van der Waals surface area contributed by atoms with Crippen LogP contribution in [-0.2, 0) is 0 Å². The van der Waals surface area contributed by atoms with Gasteiger partial charge in [-0.25, -0.2) is 4.39 Å². The van der Waals surface area contributed by atoms with E-state index >= 15 is 0 Å². The Morgan fingerprint density at radius 2 is 2.30 bits per heavy atom. The maximum Gasteiger partial charge on any atom is 0.120 e. The van der Waals surface area contributed by atoms with Crippen molar-refractivity contribution in [2.24, 2.45) is 5.92 Å². The van der Waals surface area contributed by atoms with Gasteiger partial charge in [-0.05, 0) is 13.1 Å². The average Bonchev–Trinajstić information content (AvgIpc) is 2.13. The molecule has 0 aromatic carbocycles. The number of hydrogen-bond donors (Lipinski definition) is 1. The van der Waals surface area contributed by atoms with Crippen LogP contribution < -0.4 is 0 Å². The Hall–Kier alpha value is -0.570. The highest BCUT2D eigenvalue weighted by Crippen LogP contribution is 2.19. The molecule has 0 radical (unpaired) electrons. The van der Waals surface area contributed by atoms with Crippen molar-refractivity contribution in [3.05, 3.63) is 12.3 Å². The molecule has 1 rings (SSSR count). The number of likely N-dealkylation sites (tertiary alicyclic amines) is 1. The SMILES string of the molecule is CN1C[C@H](F)[C@@H](/C=C/O)C1. The van der Waals surface area contributed by atoms with Gasteiger partial charge in [-0.15, -0.1) is 0 Å². The number of hydrogen-bond acceptors (Lipinski definition) is 2. The van der Waals surface area contributed by atoms with E-state index < -0.39 is 6.17 Å². The Labute approximate surface area is 60.0 Å². The van der Waals surface area contributed by atoms with E-state index in [-0.39, 0.29) is 5.92 Å². The number of alkyl halides is 1. The van der Waals surface area contributed by atoms with E-state index in [4.69, 9.17) is 5.11 Å². The maximum atomic E-state index is 12.8. The van der Waals surface area contributed by atoms with E-state index in [1.165, 1.54) is 6.08 Å². The topological polar surface area (TPSA) is 23.5 Å². The maximum absolute atomic E-state index is 12.8. The lowest BCUT2D eigenvalue weighted by Crippen LogP contribution is -2.13. The van der Waals surface area contributed by atoms with Crippen LogP contribution in [0.5, 0.6) is 0 Å². The van der Waals surface area contributed by atoms with Crippen LogP contribution in [0.15, 0.2) is 12.3 Å². The lowest BCUT2D eigenvalue weighted by atomic mass is 10.1. The Morgan fingerprint density at radius 1 is 1.60 bits per heavy atom. The molecule has 0 saturated carbocycles. The lowest BCUT2D eigenvalue weighted by molar-refractivity contribution is 0.299. The van der Waals surface area contributed by atoms with Gasteiger partial charge in [0.05, 0.1) is 6.26 Å². The first-order valence-corrected chi connectivity index (χ1v) is 3.37. The summed E-state index contributed by atoms with van der Waals surface area (Å²) in [5.74, 6) is -0.116. The Balaban J connectivity index is 2.46. The first-order valence-electron chi connectivity index (χ1n) is 3.37. The molecule has 1 saturated heterocycles. The van der Waals surface area contributed by atoms with Crippen LogP contribution in [0.1, 0.15) is 0 Å². The highest BCUT2D eigenvalue weighted by Gasteiger charge is 2.28. The molecule has 1 N–H and O–H groups in total. The second-order valence-corrected chi connectivity index (χ2v) is 2.74. The summed E-state index contributed by atoms with van der Waals surface area (Å²) in [6.45, 7) is 1.19. The van der Waals surface area contributed by atoms with Crippen molar-refractivity contribution in [2.75, 3.05) is 20.1 Å². The van der Waals surface area contributed by atoms with Gasteiger partial charge in [0, 0.05) is 19.0 Å². The molecule has 1 aliphatic rings. The predicted molar refractivity (Wildman–Crippen MR) is 37.7 cm³/mol. The largest absolute Gasteiger partial charge is 0.516 e. The smallest absolute Gasteiger partial charge is 0.120 e. The molecular formula is C7H12FNO. The summed E-state index contributed by atoms with van der Waals surface area (Å²) >= 11 is 0. The fourth-order valence-electron chi connectivity index (χ4n) is 1.27. The average molecular weight is 145 g/mol. The van der Waals surface area contributed by atoms with Gasteiger partial charge in [0.1, 0.15) is 6.17 Å². The molecule has 3 heteroatoms. The van der Waals surface area contributed by atoms with E-state index in [2.05, 4.69) is 0 Å². The Kier molecular flexibility index (Phi) is 2.27. The number of nitrogens with zero attached hydrogens (tertiary/aromatic N) is 1. The van der Waals surface area contributed by atoms with Crippen molar-refractivity contribution >= 4 is 0 Å². The van der Waals surface area contributed by atoms with Crippen LogP contribution in [-0.4, -0.2) is 36.3 Å². The van der Waals surface area contributed by atoms with Crippen LogP contribution in [0.2, 0.25) is 0 Å². The molecule has 0 bridgehead atoms. The van der Waals surface area contributed by atoms with Crippen LogP contribution in [0, 0.1) is 5.92 Å². The summed E-state index contributed by atoms with van der Waals surface area (Å²) < 4.78 is 12.8. The normalized spacial score (nSPS) is 35.8. The number of halogens is 1. The zero-order valence-corrected chi connectivity index (χ0v) is 6.00. The highest BCUT2D eigenvalue weighted by molar-refractivity contribution is 4.94. The molecule has 2 atom stereocenters. The third kappa shape index (κ3) is 1.48. The van der Waals surface area contributed by atoms with Gasteiger partial charge < -0.3 is 10.0 Å². The summed E-state index contributed by atoms with van der Waals surface area (Å²) in [6.07, 6.45) is 1.62. The minimum atomic E-state index is -0.812. The van der Waals surface area contributed by atoms with Gasteiger partial charge >= 0.3 is 0 Å². The van der Waals surface area contributed by atoms with Gasteiger partial charge in [0.15, 0.2) is 0 Å². The van der Waals surface area contributed by atoms with E-state index in [0.717, 1.165) is 6.26 Å². The standard InChI is InChI=1S/C7H12FNO/c1-9-4-6(2-3-10)7(8)5-9/h2-3,6-7,10H,4-5H2,1H3/b3-2+/t6-,7-/m0/s1. The van der Waals surface area contributed by atoms with Gasteiger partial charge in [0.25, 0.3) is 0 Å². The minimum Gasteiger partial charge on any atom is -0.516 e. The van der Waals surface area contributed by atoms with Gasteiger partial charge in [-0.2, -0.15) is 0 Å². The monoisotopic (exact) mass is 145 g/mol. The van der Waals surface area contributed by atoms with Crippen molar-refractivity contribution in [1.82, 2.24) is 4.90 Å². The Bertz CT molecular complexity index is 138. The quantitative estimate of drug-likeness (QED) is 0.555. The molecule has 1 aliphatic heterocycles. The molecule has 0 aromatic rings. The summed E-state index contributed by atoms with van der Waals surface area (Å²) in [5.41, 5.74) is 0.